The molecule has 0 aromatic heterocycles. The van der Waals surface area contributed by atoms with Crippen molar-refractivity contribution < 1.29 is 9.69 Å². The number of benzene rings is 1. The predicted octanol–water partition coefficient (Wildman–Crippen LogP) is 2.64. The van der Waals surface area contributed by atoms with Crippen molar-refractivity contribution >= 4 is 12.0 Å². The number of hydrogen-bond acceptors (Lipinski definition) is 1. The smallest absolute Gasteiger partial charge is 0.226 e. The zero-order chi connectivity index (χ0) is 17.6. The summed E-state index contributed by atoms with van der Waals surface area (Å²) in [6.45, 7) is 9.83. The van der Waals surface area contributed by atoms with Crippen LogP contribution < -0.4 is 4.90 Å². The maximum absolute atomic E-state index is 12.7. The van der Waals surface area contributed by atoms with Gasteiger partial charge in [-0.25, -0.2) is 0 Å². The van der Waals surface area contributed by atoms with Gasteiger partial charge in [-0.2, -0.15) is 0 Å². The molecule has 0 atom stereocenters. The topological polar surface area (TPSA) is 24.8 Å². The van der Waals surface area contributed by atoms with Gasteiger partial charge >= 0.3 is 0 Å². The minimum absolute atomic E-state index is 0.274. The van der Waals surface area contributed by atoms with Gasteiger partial charge in [0.05, 0.1) is 19.6 Å². The van der Waals surface area contributed by atoms with Crippen molar-refractivity contribution in [1.82, 2.24) is 4.90 Å². The Morgan fingerprint density at radius 1 is 1.12 bits per heavy atom. The van der Waals surface area contributed by atoms with Crippen LogP contribution in [-0.2, 0) is 4.79 Å². The van der Waals surface area contributed by atoms with E-state index in [0.29, 0.717) is 5.91 Å². The lowest BCUT2D eigenvalue weighted by Crippen LogP contribution is -3.13. The third-order valence-electron chi connectivity index (χ3n) is 5.88. The van der Waals surface area contributed by atoms with Gasteiger partial charge in [0.2, 0.25) is 5.91 Å². The van der Waals surface area contributed by atoms with E-state index < -0.39 is 0 Å². The molecule has 136 valence electrons. The highest BCUT2D eigenvalue weighted by molar-refractivity contribution is 5.79. The lowest BCUT2D eigenvalue weighted by molar-refractivity contribution is -0.901. The molecule has 2 aliphatic rings. The Bertz CT molecular complexity index is 579. The number of amides is 1. The first kappa shape index (κ1) is 18.2. The predicted molar refractivity (Wildman–Crippen MR) is 103 cm³/mol. The number of likely N-dealkylation sites (tertiary alicyclic amines) is 2. The molecular formula is C22H33N2O+. The molecule has 1 aromatic carbocycles. The van der Waals surface area contributed by atoms with E-state index in [-0.39, 0.29) is 5.92 Å². The number of piperidine rings is 2. The van der Waals surface area contributed by atoms with E-state index >= 15 is 0 Å². The van der Waals surface area contributed by atoms with E-state index in [4.69, 9.17) is 0 Å². The van der Waals surface area contributed by atoms with E-state index in [0.717, 1.165) is 51.5 Å². The Hall–Kier alpha value is -1.61. The number of carbonyl (C=O) groups excluding carboxylic acids is 1. The van der Waals surface area contributed by atoms with Gasteiger partial charge in [-0.05, 0) is 36.8 Å². The van der Waals surface area contributed by atoms with Gasteiger partial charge in [0.1, 0.15) is 0 Å². The molecule has 1 aromatic rings. The number of carbonyl (C=O) groups is 1. The zero-order valence-electron chi connectivity index (χ0n) is 15.8. The fourth-order valence-corrected chi connectivity index (χ4v) is 4.22. The number of hydrogen-bond donors (Lipinski definition) is 1. The van der Waals surface area contributed by atoms with Crippen LogP contribution in [0.15, 0.2) is 35.9 Å². The maximum Gasteiger partial charge on any atom is 0.226 e. The standard InChI is InChI=1S/C22H32N2O/c1-18-8-14-24(15-9-18)22(25)21-10-12-23(13-11-21)17-19(2)16-20-6-4-3-5-7-20/h3-7,16,18,21H,8-15,17H2,1-2H3/p+1/b19-16+. The van der Waals surface area contributed by atoms with Crippen molar-refractivity contribution in [2.75, 3.05) is 32.7 Å². The van der Waals surface area contributed by atoms with Crippen molar-refractivity contribution in [2.45, 2.75) is 39.5 Å². The number of quaternary nitrogens is 1. The molecule has 0 radical (unpaired) electrons. The molecule has 0 spiro atoms. The highest BCUT2D eigenvalue weighted by Gasteiger charge is 2.31. The van der Waals surface area contributed by atoms with Gasteiger partial charge in [-0.1, -0.05) is 43.3 Å². The minimum Gasteiger partial charge on any atom is -0.342 e. The lowest BCUT2D eigenvalue weighted by Gasteiger charge is -2.35. The molecule has 3 heteroatoms. The number of rotatable bonds is 4. The summed E-state index contributed by atoms with van der Waals surface area (Å²) in [6.07, 6.45) is 6.76. The van der Waals surface area contributed by atoms with E-state index in [9.17, 15) is 4.79 Å². The third kappa shape index (κ3) is 5.18. The van der Waals surface area contributed by atoms with Gasteiger partial charge in [-0.3, -0.25) is 4.79 Å². The molecule has 25 heavy (non-hydrogen) atoms. The van der Waals surface area contributed by atoms with Crippen LogP contribution in [0.3, 0.4) is 0 Å². The highest BCUT2D eigenvalue weighted by atomic mass is 16.2. The van der Waals surface area contributed by atoms with E-state index in [2.05, 4.69) is 55.2 Å². The van der Waals surface area contributed by atoms with E-state index in [1.54, 1.807) is 4.90 Å². The van der Waals surface area contributed by atoms with E-state index in [1.807, 2.05) is 0 Å². The van der Waals surface area contributed by atoms with Crippen LogP contribution in [0.4, 0.5) is 0 Å². The Balaban J connectivity index is 1.45. The second-order valence-electron chi connectivity index (χ2n) is 8.11. The molecule has 0 aliphatic carbocycles. The molecule has 0 saturated carbocycles. The largest absolute Gasteiger partial charge is 0.342 e. The molecule has 0 unspecified atom stereocenters. The van der Waals surface area contributed by atoms with Crippen molar-refractivity contribution in [3.05, 3.63) is 41.5 Å². The average Bonchev–Trinajstić information content (AvgIpc) is 2.63. The molecule has 2 saturated heterocycles. The molecule has 2 heterocycles. The lowest BCUT2D eigenvalue weighted by atomic mass is 9.92. The van der Waals surface area contributed by atoms with Crippen LogP contribution >= 0.6 is 0 Å². The van der Waals surface area contributed by atoms with Gasteiger partial charge in [-0.15, -0.1) is 0 Å². The quantitative estimate of drug-likeness (QED) is 0.895. The summed E-state index contributed by atoms with van der Waals surface area (Å²) < 4.78 is 0. The zero-order valence-corrected chi connectivity index (χ0v) is 15.8. The molecule has 1 amide bonds. The SMILES string of the molecule is C/C(=C\c1ccccc1)C[NH+]1CCC(C(=O)N2CCC(C)CC2)CC1. The molecule has 3 nitrogen and oxygen atoms in total. The fourth-order valence-electron chi connectivity index (χ4n) is 4.22. The van der Waals surface area contributed by atoms with E-state index in [1.165, 1.54) is 24.0 Å². The summed E-state index contributed by atoms with van der Waals surface area (Å²) in [5, 5.41) is 0. The Morgan fingerprint density at radius 3 is 2.40 bits per heavy atom. The van der Waals surface area contributed by atoms with Crippen molar-refractivity contribution in [2.24, 2.45) is 11.8 Å². The summed E-state index contributed by atoms with van der Waals surface area (Å²) in [7, 11) is 0. The van der Waals surface area contributed by atoms with Crippen molar-refractivity contribution in [1.29, 1.82) is 0 Å². The Kier molecular flexibility index (Phi) is 6.30. The van der Waals surface area contributed by atoms with Gasteiger partial charge < -0.3 is 9.80 Å². The fraction of sp³-hybridized carbons (Fsp3) is 0.591. The molecule has 2 fully saturated rings. The van der Waals surface area contributed by atoms with Crippen LogP contribution in [0.5, 0.6) is 0 Å². The molecule has 1 N–H and O–H groups in total. The molecule has 0 bridgehead atoms. The van der Waals surface area contributed by atoms with Gasteiger partial charge in [0.15, 0.2) is 0 Å². The summed E-state index contributed by atoms with van der Waals surface area (Å²) in [4.78, 5) is 16.5. The van der Waals surface area contributed by atoms with Gasteiger partial charge in [0, 0.05) is 31.8 Å². The second-order valence-corrected chi connectivity index (χ2v) is 8.11. The third-order valence-corrected chi connectivity index (χ3v) is 5.88. The first-order valence-corrected chi connectivity index (χ1v) is 9.96. The minimum atomic E-state index is 0.274. The monoisotopic (exact) mass is 341 g/mol. The number of nitrogens with zero attached hydrogens (tertiary/aromatic N) is 1. The first-order valence-electron chi connectivity index (χ1n) is 9.96. The maximum atomic E-state index is 12.7. The normalized spacial score (nSPS) is 25.8. The van der Waals surface area contributed by atoms with Crippen LogP contribution in [0.25, 0.3) is 6.08 Å². The number of nitrogens with one attached hydrogen (secondary N) is 1. The van der Waals surface area contributed by atoms with Crippen LogP contribution in [0, 0.1) is 11.8 Å². The summed E-state index contributed by atoms with van der Waals surface area (Å²) in [5.74, 6) is 1.49. The highest BCUT2D eigenvalue weighted by Crippen LogP contribution is 2.20. The van der Waals surface area contributed by atoms with Crippen LogP contribution in [0.1, 0.15) is 45.1 Å². The summed E-state index contributed by atoms with van der Waals surface area (Å²) in [5.41, 5.74) is 2.71. The molecule has 2 aliphatic heterocycles. The Morgan fingerprint density at radius 2 is 1.76 bits per heavy atom. The van der Waals surface area contributed by atoms with Crippen LogP contribution in [0.2, 0.25) is 0 Å². The van der Waals surface area contributed by atoms with Gasteiger partial charge in [0.25, 0.3) is 0 Å². The molecule has 3 rings (SSSR count). The second kappa shape index (κ2) is 8.66. The van der Waals surface area contributed by atoms with Crippen molar-refractivity contribution in [3.8, 4) is 0 Å². The summed E-state index contributed by atoms with van der Waals surface area (Å²) in [6, 6.07) is 10.5. The molecular weight excluding hydrogens is 308 g/mol. The first-order chi connectivity index (χ1) is 12.1. The van der Waals surface area contributed by atoms with Crippen molar-refractivity contribution in [3.63, 3.8) is 0 Å². The average molecular weight is 342 g/mol. The summed E-state index contributed by atoms with van der Waals surface area (Å²) >= 11 is 0. The Labute approximate surface area is 152 Å². The van der Waals surface area contributed by atoms with Crippen LogP contribution in [-0.4, -0.2) is 43.5 Å².